The standard InChI is InChI=1S/C19H21NO4/c1-3-16-10-11-17(12-13-18(21)24-19(22)23-4-2)20(16)14-15-8-6-5-7-9-15/h5-13H,3-4,14H2,1-2H3. The van der Waals surface area contributed by atoms with Gasteiger partial charge in [0.05, 0.1) is 6.61 Å². The first-order chi connectivity index (χ1) is 11.6. The van der Waals surface area contributed by atoms with Gasteiger partial charge in [0.1, 0.15) is 0 Å². The number of carbonyl (C=O) groups is 2. The van der Waals surface area contributed by atoms with E-state index >= 15 is 0 Å². The van der Waals surface area contributed by atoms with Crippen molar-refractivity contribution in [2.24, 2.45) is 0 Å². The van der Waals surface area contributed by atoms with E-state index in [1.165, 1.54) is 11.6 Å². The van der Waals surface area contributed by atoms with E-state index in [9.17, 15) is 9.59 Å². The molecule has 0 aliphatic rings. The second-order valence-corrected chi connectivity index (χ2v) is 5.11. The molecule has 0 N–H and O–H groups in total. The Kier molecular flexibility index (Phi) is 6.37. The van der Waals surface area contributed by atoms with E-state index in [1.54, 1.807) is 13.0 Å². The van der Waals surface area contributed by atoms with Crippen LogP contribution in [0.4, 0.5) is 4.79 Å². The van der Waals surface area contributed by atoms with Crippen molar-refractivity contribution in [3.05, 3.63) is 65.5 Å². The van der Waals surface area contributed by atoms with Crippen molar-refractivity contribution in [2.75, 3.05) is 6.61 Å². The molecular weight excluding hydrogens is 306 g/mol. The van der Waals surface area contributed by atoms with Crippen molar-refractivity contribution in [2.45, 2.75) is 26.8 Å². The smallest absolute Gasteiger partial charge is 0.434 e. The molecule has 0 aliphatic carbocycles. The number of benzene rings is 1. The van der Waals surface area contributed by atoms with Crippen molar-refractivity contribution in [3.8, 4) is 0 Å². The van der Waals surface area contributed by atoms with Gasteiger partial charge in [0.25, 0.3) is 0 Å². The zero-order valence-corrected chi connectivity index (χ0v) is 13.9. The van der Waals surface area contributed by atoms with E-state index in [4.69, 9.17) is 0 Å². The minimum Gasteiger partial charge on any atom is -0.434 e. The van der Waals surface area contributed by atoms with Gasteiger partial charge in [0.15, 0.2) is 0 Å². The maximum atomic E-state index is 11.6. The Balaban J connectivity index is 2.13. The molecule has 0 saturated carbocycles. The van der Waals surface area contributed by atoms with Crippen LogP contribution in [-0.2, 0) is 27.2 Å². The summed E-state index contributed by atoms with van der Waals surface area (Å²) >= 11 is 0. The van der Waals surface area contributed by atoms with E-state index < -0.39 is 12.1 Å². The Hall–Kier alpha value is -2.82. The predicted molar refractivity (Wildman–Crippen MR) is 91.5 cm³/mol. The Morgan fingerprint density at radius 1 is 1.08 bits per heavy atom. The lowest BCUT2D eigenvalue weighted by molar-refractivity contribution is -0.134. The molecule has 1 aromatic carbocycles. The molecule has 24 heavy (non-hydrogen) atoms. The quantitative estimate of drug-likeness (QED) is 0.460. The van der Waals surface area contributed by atoms with E-state index in [1.807, 2.05) is 30.3 Å². The lowest BCUT2D eigenvalue weighted by Crippen LogP contribution is -2.11. The Morgan fingerprint density at radius 2 is 1.83 bits per heavy atom. The summed E-state index contributed by atoms with van der Waals surface area (Å²) in [7, 11) is 0. The van der Waals surface area contributed by atoms with Crippen LogP contribution in [0.25, 0.3) is 6.08 Å². The van der Waals surface area contributed by atoms with Gasteiger partial charge in [0.2, 0.25) is 0 Å². The lowest BCUT2D eigenvalue weighted by Gasteiger charge is -2.11. The summed E-state index contributed by atoms with van der Waals surface area (Å²) in [6, 6.07) is 14.1. The molecule has 0 saturated heterocycles. The van der Waals surface area contributed by atoms with E-state index in [2.05, 4.69) is 33.1 Å². The third-order valence-corrected chi connectivity index (χ3v) is 3.49. The van der Waals surface area contributed by atoms with Gasteiger partial charge >= 0.3 is 12.1 Å². The minimum atomic E-state index is -0.985. The number of aromatic nitrogens is 1. The fourth-order valence-electron chi connectivity index (χ4n) is 2.36. The van der Waals surface area contributed by atoms with Gasteiger partial charge in [-0.15, -0.1) is 0 Å². The van der Waals surface area contributed by atoms with Crippen LogP contribution in [0.5, 0.6) is 0 Å². The highest BCUT2D eigenvalue weighted by atomic mass is 16.7. The van der Waals surface area contributed by atoms with E-state index in [0.29, 0.717) is 6.54 Å². The summed E-state index contributed by atoms with van der Waals surface area (Å²) in [4.78, 5) is 22.7. The maximum absolute atomic E-state index is 11.6. The summed E-state index contributed by atoms with van der Waals surface area (Å²) in [5, 5.41) is 0. The molecule has 2 rings (SSSR count). The highest BCUT2D eigenvalue weighted by molar-refractivity contribution is 5.92. The number of aryl methyl sites for hydroxylation is 1. The Bertz CT molecular complexity index is 716. The van der Waals surface area contributed by atoms with Crippen molar-refractivity contribution in [1.82, 2.24) is 4.57 Å². The van der Waals surface area contributed by atoms with Crippen molar-refractivity contribution in [1.29, 1.82) is 0 Å². The third kappa shape index (κ3) is 4.84. The second-order valence-electron chi connectivity index (χ2n) is 5.11. The first-order valence-electron chi connectivity index (χ1n) is 7.93. The topological polar surface area (TPSA) is 57.5 Å². The van der Waals surface area contributed by atoms with Gasteiger partial charge < -0.3 is 14.0 Å². The molecular formula is C19H21NO4. The van der Waals surface area contributed by atoms with E-state index in [-0.39, 0.29) is 6.61 Å². The number of rotatable bonds is 6. The van der Waals surface area contributed by atoms with Crippen molar-refractivity contribution in [3.63, 3.8) is 0 Å². The average molecular weight is 327 g/mol. The zero-order valence-electron chi connectivity index (χ0n) is 13.9. The number of carbonyl (C=O) groups excluding carboxylic acids is 2. The molecule has 1 heterocycles. The number of ether oxygens (including phenoxy) is 2. The average Bonchev–Trinajstić information content (AvgIpc) is 2.96. The van der Waals surface area contributed by atoms with Gasteiger partial charge in [0, 0.05) is 24.0 Å². The van der Waals surface area contributed by atoms with Crippen LogP contribution in [0, 0.1) is 0 Å². The molecule has 0 unspecified atom stereocenters. The SMILES string of the molecule is CCOC(=O)OC(=O)C=Cc1ccc(CC)n1Cc1ccccc1. The van der Waals surface area contributed by atoms with Crippen LogP contribution < -0.4 is 0 Å². The highest BCUT2D eigenvalue weighted by Crippen LogP contribution is 2.15. The molecule has 126 valence electrons. The van der Waals surface area contributed by atoms with Gasteiger partial charge in [-0.2, -0.15) is 0 Å². The fourth-order valence-corrected chi connectivity index (χ4v) is 2.36. The van der Waals surface area contributed by atoms with Gasteiger partial charge in [-0.1, -0.05) is 37.3 Å². The molecule has 1 aromatic heterocycles. The monoisotopic (exact) mass is 327 g/mol. The summed E-state index contributed by atoms with van der Waals surface area (Å²) < 4.78 is 11.2. The maximum Gasteiger partial charge on any atom is 0.516 e. The Morgan fingerprint density at radius 3 is 2.50 bits per heavy atom. The van der Waals surface area contributed by atoms with Crippen LogP contribution in [0.1, 0.15) is 30.8 Å². The van der Waals surface area contributed by atoms with Crippen LogP contribution in [0.3, 0.4) is 0 Å². The number of hydrogen-bond donors (Lipinski definition) is 0. The third-order valence-electron chi connectivity index (χ3n) is 3.49. The molecule has 0 amide bonds. The van der Waals surface area contributed by atoms with Crippen molar-refractivity contribution < 1.29 is 19.1 Å². The van der Waals surface area contributed by atoms with Gasteiger partial charge in [-0.3, -0.25) is 0 Å². The van der Waals surface area contributed by atoms with E-state index in [0.717, 1.165) is 17.8 Å². The molecule has 5 heteroatoms. The molecule has 5 nitrogen and oxygen atoms in total. The summed E-state index contributed by atoms with van der Waals surface area (Å²) in [6.07, 6.45) is 2.77. The van der Waals surface area contributed by atoms with Gasteiger partial charge in [-0.05, 0) is 37.1 Å². The van der Waals surface area contributed by atoms with Crippen LogP contribution in [-0.4, -0.2) is 23.3 Å². The molecule has 0 radical (unpaired) electrons. The highest BCUT2D eigenvalue weighted by Gasteiger charge is 2.09. The van der Waals surface area contributed by atoms with Crippen LogP contribution in [0.2, 0.25) is 0 Å². The normalized spacial score (nSPS) is 10.8. The molecule has 0 atom stereocenters. The van der Waals surface area contributed by atoms with Crippen LogP contribution in [0.15, 0.2) is 48.5 Å². The molecule has 0 bridgehead atoms. The molecule has 0 spiro atoms. The second kappa shape index (κ2) is 8.72. The van der Waals surface area contributed by atoms with Crippen molar-refractivity contribution >= 4 is 18.2 Å². The summed E-state index contributed by atoms with van der Waals surface area (Å²) in [5.74, 6) is -0.751. The number of hydrogen-bond acceptors (Lipinski definition) is 4. The van der Waals surface area contributed by atoms with Gasteiger partial charge in [-0.25, -0.2) is 9.59 Å². The zero-order chi connectivity index (χ0) is 17.4. The fraction of sp³-hybridized carbons (Fsp3) is 0.263. The first-order valence-corrected chi connectivity index (χ1v) is 7.93. The lowest BCUT2D eigenvalue weighted by atomic mass is 10.2. The first kappa shape index (κ1) is 17.5. The predicted octanol–water partition coefficient (Wildman–Crippen LogP) is 3.81. The molecule has 2 aromatic rings. The number of esters is 1. The van der Waals surface area contributed by atoms with Crippen LogP contribution >= 0.6 is 0 Å². The molecule has 0 fully saturated rings. The Labute approximate surface area is 141 Å². The minimum absolute atomic E-state index is 0.162. The number of nitrogens with zero attached hydrogens (tertiary/aromatic N) is 1. The largest absolute Gasteiger partial charge is 0.516 e. The molecule has 0 aliphatic heterocycles. The summed E-state index contributed by atoms with van der Waals surface area (Å²) in [6.45, 7) is 4.60. The summed E-state index contributed by atoms with van der Waals surface area (Å²) in [5.41, 5.74) is 3.21.